The van der Waals surface area contributed by atoms with Crippen LogP contribution in [0.4, 0.5) is 5.69 Å². The lowest BCUT2D eigenvalue weighted by atomic mass is 9.77. The van der Waals surface area contributed by atoms with Crippen LogP contribution in [0.25, 0.3) is 0 Å². The highest BCUT2D eigenvalue weighted by atomic mass is 16.6. The number of rotatable bonds is 4. The van der Waals surface area contributed by atoms with E-state index in [4.69, 9.17) is 5.11 Å². The van der Waals surface area contributed by atoms with Gasteiger partial charge in [0.25, 0.3) is 5.69 Å². The van der Waals surface area contributed by atoms with E-state index in [0.29, 0.717) is 0 Å². The van der Waals surface area contributed by atoms with Crippen LogP contribution in [-0.4, -0.2) is 16.0 Å². The van der Waals surface area contributed by atoms with Crippen LogP contribution in [0.1, 0.15) is 43.6 Å². The average Bonchev–Trinajstić information content (AvgIpc) is 2.39. The van der Waals surface area contributed by atoms with Crippen molar-refractivity contribution in [2.45, 2.75) is 38.0 Å². The zero-order chi connectivity index (χ0) is 13.8. The number of nitrogens with zero attached hydrogens (tertiary/aromatic N) is 1. The second-order valence-corrected chi connectivity index (χ2v) is 5.13. The van der Waals surface area contributed by atoms with Crippen LogP contribution >= 0.6 is 0 Å². The van der Waals surface area contributed by atoms with Gasteiger partial charge in [0.1, 0.15) is 0 Å². The van der Waals surface area contributed by atoms with E-state index in [2.05, 4.69) is 0 Å². The van der Waals surface area contributed by atoms with E-state index in [0.717, 1.165) is 31.2 Å². The zero-order valence-corrected chi connectivity index (χ0v) is 10.6. The number of para-hydroxylation sites is 1. The van der Waals surface area contributed by atoms with Crippen LogP contribution in [0.3, 0.4) is 0 Å². The number of hydrogen-bond acceptors (Lipinski definition) is 3. The number of hydrogen-bond donors (Lipinski definition) is 1. The van der Waals surface area contributed by atoms with Gasteiger partial charge in [-0.2, -0.15) is 0 Å². The van der Waals surface area contributed by atoms with E-state index in [1.807, 2.05) is 12.1 Å². The van der Waals surface area contributed by atoms with Crippen molar-refractivity contribution in [1.29, 1.82) is 0 Å². The summed E-state index contributed by atoms with van der Waals surface area (Å²) in [5, 5.41) is 19.8. The first-order valence-electron chi connectivity index (χ1n) is 6.53. The Labute approximate surface area is 111 Å². The van der Waals surface area contributed by atoms with Gasteiger partial charge in [0.15, 0.2) is 0 Å². The quantitative estimate of drug-likeness (QED) is 0.667. The highest BCUT2D eigenvalue weighted by molar-refractivity contribution is 5.67. The molecule has 0 atom stereocenters. The lowest BCUT2D eigenvalue weighted by molar-refractivity contribution is -0.385. The smallest absolute Gasteiger partial charge is 0.303 e. The van der Waals surface area contributed by atoms with E-state index in [1.54, 1.807) is 12.1 Å². The Hall–Kier alpha value is -1.91. The van der Waals surface area contributed by atoms with Crippen molar-refractivity contribution in [2.24, 2.45) is 5.92 Å². The second kappa shape index (κ2) is 5.82. The minimum Gasteiger partial charge on any atom is -0.481 e. The van der Waals surface area contributed by atoms with Gasteiger partial charge >= 0.3 is 5.97 Å². The maximum atomic E-state index is 11.0. The lowest BCUT2D eigenvalue weighted by Crippen LogP contribution is -2.17. The van der Waals surface area contributed by atoms with Crippen LogP contribution in [0.5, 0.6) is 0 Å². The highest BCUT2D eigenvalue weighted by Gasteiger charge is 2.27. The predicted octanol–water partition coefficient (Wildman–Crippen LogP) is 3.34. The molecular weight excluding hydrogens is 246 g/mol. The molecule has 0 aliphatic heterocycles. The molecular formula is C14H17NO4. The van der Waals surface area contributed by atoms with E-state index < -0.39 is 5.97 Å². The summed E-state index contributed by atoms with van der Waals surface area (Å²) >= 11 is 0. The van der Waals surface area contributed by atoms with Crippen molar-refractivity contribution in [2.75, 3.05) is 0 Å². The number of benzene rings is 1. The topological polar surface area (TPSA) is 80.4 Å². The van der Waals surface area contributed by atoms with Crippen LogP contribution < -0.4 is 0 Å². The monoisotopic (exact) mass is 263 g/mol. The number of nitro groups is 1. The van der Waals surface area contributed by atoms with Gasteiger partial charge in [-0.3, -0.25) is 14.9 Å². The highest BCUT2D eigenvalue weighted by Crippen LogP contribution is 2.40. The van der Waals surface area contributed by atoms with Crippen molar-refractivity contribution in [3.8, 4) is 0 Å². The van der Waals surface area contributed by atoms with E-state index in [9.17, 15) is 14.9 Å². The van der Waals surface area contributed by atoms with Crippen molar-refractivity contribution < 1.29 is 14.8 Å². The summed E-state index contributed by atoms with van der Waals surface area (Å²) in [5.41, 5.74) is 0.977. The van der Waals surface area contributed by atoms with Gasteiger partial charge in [-0.05, 0) is 37.5 Å². The minimum absolute atomic E-state index is 0.184. The largest absolute Gasteiger partial charge is 0.481 e. The molecule has 0 radical (unpaired) electrons. The summed E-state index contributed by atoms with van der Waals surface area (Å²) in [4.78, 5) is 21.3. The molecule has 0 heterocycles. The van der Waals surface area contributed by atoms with Crippen LogP contribution in [0.15, 0.2) is 24.3 Å². The van der Waals surface area contributed by atoms with Crippen molar-refractivity contribution in [1.82, 2.24) is 0 Å². The number of carboxylic acids is 1. The zero-order valence-electron chi connectivity index (χ0n) is 10.6. The fourth-order valence-corrected chi connectivity index (χ4v) is 2.92. The van der Waals surface area contributed by atoms with E-state index in [1.165, 1.54) is 0 Å². The Bertz CT molecular complexity index is 478. The molecule has 1 N–H and O–H groups in total. The summed E-state index contributed by atoms with van der Waals surface area (Å²) in [6, 6.07) is 6.86. The molecule has 0 aromatic heterocycles. The van der Waals surface area contributed by atoms with Crippen LogP contribution in [0, 0.1) is 16.0 Å². The van der Waals surface area contributed by atoms with Gasteiger partial charge in [-0.15, -0.1) is 0 Å². The molecule has 1 aliphatic rings. The van der Waals surface area contributed by atoms with Crippen LogP contribution in [0.2, 0.25) is 0 Å². The number of carboxylic acid groups (broad SMARTS) is 1. The normalized spacial score (nSPS) is 22.9. The fraction of sp³-hybridized carbons (Fsp3) is 0.500. The Morgan fingerprint density at radius 3 is 2.47 bits per heavy atom. The molecule has 0 unspecified atom stereocenters. The van der Waals surface area contributed by atoms with E-state index in [-0.39, 0.29) is 28.9 Å². The van der Waals surface area contributed by atoms with Crippen LogP contribution in [-0.2, 0) is 4.79 Å². The standard InChI is InChI=1S/C14H17NO4/c16-14(17)9-10-5-7-11(8-6-10)12-3-1-2-4-13(12)15(18)19/h1-4,10-11H,5-9H2,(H,16,17)/t10-,11-. The summed E-state index contributed by atoms with van der Waals surface area (Å²) in [6.45, 7) is 0. The van der Waals surface area contributed by atoms with Gasteiger partial charge in [-0.25, -0.2) is 0 Å². The summed E-state index contributed by atoms with van der Waals surface area (Å²) in [6.07, 6.45) is 3.56. The molecule has 2 rings (SSSR count). The van der Waals surface area contributed by atoms with Gasteiger partial charge < -0.3 is 5.11 Å². The fourth-order valence-electron chi connectivity index (χ4n) is 2.92. The minimum atomic E-state index is -0.755. The Morgan fingerprint density at radius 2 is 1.89 bits per heavy atom. The molecule has 1 aliphatic carbocycles. The maximum absolute atomic E-state index is 11.0. The molecule has 1 aromatic rings. The first-order chi connectivity index (χ1) is 9.08. The molecule has 5 nitrogen and oxygen atoms in total. The van der Waals surface area contributed by atoms with Gasteiger partial charge in [0, 0.05) is 18.1 Å². The first-order valence-corrected chi connectivity index (χ1v) is 6.53. The third kappa shape index (κ3) is 3.30. The van der Waals surface area contributed by atoms with Crippen molar-refractivity contribution in [3.05, 3.63) is 39.9 Å². The molecule has 0 bridgehead atoms. The summed E-state index contributed by atoms with van der Waals surface area (Å²) < 4.78 is 0. The van der Waals surface area contributed by atoms with Crippen molar-refractivity contribution >= 4 is 11.7 Å². The van der Waals surface area contributed by atoms with Gasteiger partial charge in [0.05, 0.1) is 4.92 Å². The second-order valence-electron chi connectivity index (χ2n) is 5.13. The van der Waals surface area contributed by atoms with E-state index >= 15 is 0 Å². The molecule has 1 saturated carbocycles. The molecule has 0 amide bonds. The summed E-state index contributed by atoms with van der Waals surface area (Å²) in [7, 11) is 0. The Morgan fingerprint density at radius 1 is 1.26 bits per heavy atom. The lowest BCUT2D eigenvalue weighted by Gasteiger charge is -2.27. The van der Waals surface area contributed by atoms with Crippen molar-refractivity contribution in [3.63, 3.8) is 0 Å². The molecule has 1 fully saturated rings. The van der Waals surface area contributed by atoms with Gasteiger partial charge in [-0.1, -0.05) is 18.2 Å². The molecule has 19 heavy (non-hydrogen) atoms. The molecule has 1 aromatic carbocycles. The maximum Gasteiger partial charge on any atom is 0.303 e. The first kappa shape index (κ1) is 13.5. The number of nitro benzene ring substituents is 1. The molecule has 5 heteroatoms. The average molecular weight is 263 g/mol. The third-order valence-corrected chi connectivity index (χ3v) is 3.88. The van der Waals surface area contributed by atoms with Gasteiger partial charge in [0.2, 0.25) is 0 Å². The molecule has 0 saturated heterocycles. The Balaban J connectivity index is 2.05. The Kier molecular flexibility index (Phi) is 4.14. The third-order valence-electron chi connectivity index (χ3n) is 3.88. The number of carbonyl (C=O) groups is 1. The molecule has 102 valence electrons. The predicted molar refractivity (Wildman–Crippen MR) is 70.0 cm³/mol. The summed E-state index contributed by atoms with van der Waals surface area (Å²) in [5.74, 6) is -0.350. The SMILES string of the molecule is O=C(O)C[C@H]1CC[C@H](c2ccccc2[N+](=O)[O-])CC1. The molecule has 0 spiro atoms. The number of aliphatic carboxylic acids is 1.